The second-order valence-corrected chi connectivity index (χ2v) is 10.5. The first-order chi connectivity index (χ1) is 20.8. The lowest BCUT2D eigenvalue weighted by atomic mass is 9.76. The Kier molecular flexibility index (Phi) is 6.00. The fourth-order valence-corrected chi connectivity index (χ4v) is 6.43. The molecular weight excluding hydrogens is 604 g/mol. The first-order valence-corrected chi connectivity index (χ1v) is 12.9. The molecule has 222 valence electrons. The number of pyridine rings is 1. The van der Waals surface area contributed by atoms with Crippen LogP contribution in [0, 0.1) is 0 Å². The number of hydrogen-bond acceptors (Lipinski definition) is 12. The quantitative estimate of drug-likeness (QED) is 0.0768. The number of amides is 2. The van der Waals surface area contributed by atoms with Crippen LogP contribution in [-0.2, 0) is 26.2 Å². The van der Waals surface area contributed by atoms with Crippen LogP contribution in [0.2, 0.25) is 5.02 Å². The molecule has 0 radical (unpaired) electrons. The number of H-pyrrole nitrogens is 1. The van der Waals surface area contributed by atoms with Crippen LogP contribution in [0.4, 0.5) is 0 Å². The minimum atomic E-state index is -2.27. The van der Waals surface area contributed by atoms with Crippen LogP contribution in [0.5, 0.6) is 17.2 Å². The third kappa shape index (κ3) is 3.43. The number of nitrogens with two attached hydrogens (primary N) is 1. The lowest BCUT2D eigenvalue weighted by molar-refractivity contribution is -0.137. The zero-order chi connectivity index (χ0) is 32.0. The first kappa shape index (κ1) is 28.3. The van der Waals surface area contributed by atoms with Crippen LogP contribution in [0.25, 0.3) is 10.8 Å². The number of nitrogens with zero attached hydrogens (tertiary/aromatic N) is 1. The number of carbonyl (C=O) groups excluding carboxylic acids is 6. The Morgan fingerprint density at radius 2 is 1.68 bits per heavy atom. The summed E-state index contributed by atoms with van der Waals surface area (Å²) in [5.74, 6) is -9.94. The van der Waals surface area contributed by atoms with E-state index in [1.165, 1.54) is 6.07 Å². The number of benzene rings is 2. The van der Waals surface area contributed by atoms with Gasteiger partial charge in [-0.25, -0.2) is 5.43 Å². The van der Waals surface area contributed by atoms with Crippen LogP contribution in [0.15, 0.2) is 27.8 Å². The number of Topliss-reactive ketones (excluding diaryl/α,β-unsaturated/α-hetero) is 3. The van der Waals surface area contributed by atoms with Gasteiger partial charge in [-0.15, -0.1) is 0 Å². The second-order valence-electron chi connectivity index (χ2n) is 10.1. The maximum Gasteiger partial charge on any atom is 0.329 e. The van der Waals surface area contributed by atoms with Crippen LogP contribution in [0.3, 0.4) is 0 Å². The molecule has 15 nitrogen and oxygen atoms in total. The Morgan fingerprint density at radius 1 is 1.05 bits per heavy atom. The van der Waals surface area contributed by atoms with Gasteiger partial charge in [-0.3, -0.25) is 33.6 Å². The van der Waals surface area contributed by atoms with Crippen LogP contribution < -0.4 is 16.7 Å². The number of carbonyl (C=O) groups is 6. The molecule has 16 heteroatoms. The number of fused-ring (bicyclic) bond motifs is 5. The smallest absolute Gasteiger partial charge is 0.329 e. The molecular formula is C28H17ClN4O11. The van der Waals surface area contributed by atoms with E-state index in [9.17, 15) is 48.9 Å². The highest BCUT2D eigenvalue weighted by Gasteiger charge is 2.62. The van der Waals surface area contributed by atoms with E-state index in [1.807, 2.05) is 5.43 Å². The molecule has 0 aliphatic heterocycles. The fourth-order valence-electron chi connectivity index (χ4n) is 6.09. The molecule has 0 fully saturated rings. The summed E-state index contributed by atoms with van der Waals surface area (Å²) in [6.07, 6.45) is 1.34. The van der Waals surface area contributed by atoms with Crippen molar-refractivity contribution in [2.24, 2.45) is 10.8 Å². The molecule has 1 aromatic heterocycles. The van der Waals surface area contributed by atoms with Crippen molar-refractivity contribution in [1.29, 1.82) is 0 Å². The van der Waals surface area contributed by atoms with Gasteiger partial charge in [0.25, 0.3) is 5.56 Å². The van der Waals surface area contributed by atoms with E-state index in [-0.39, 0.29) is 40.1 Å². The highest BCUT2D eigenvalue weighted by Crippen LogP contribution is 2.58. The summed E-state index contributed by atoms with van der Waals surface area (Å²) in [6, 6.07) is 1.28. The van der Waals surface area contributed by atoms with Gasteiger partial charge in [0.1, 0.15) is 22.7 Å². The third-order valence-electron chi connectivity index (χ3n) is 7.96. The number of hydrazone groups is 1. The van der Waals surface area contributed by atoms with Crippen molar-refractivity contribution in [1.82, 2.24) is 10.4 Å². The molecule has 0 saturated carbocycles. The number of halogens is 1. The summed E-state index contributed by atoms with van der Waals surface area (Å²) in [6.45, 7) is 0. The number of aromatic nitrogens is 1. The molecule has 1 atom stereocenters. The molecule has 1 spiro atoms. The van der Waals surface area contributed by atoms with Crippen molar-refractivity contribution in [3.8, 4) is 17.2 Å². The summed E-state index contributed by atoms with van der Waals surface area (Å²) < 4.78 is 4.88. The van der Waals surface area contributed by atoms with Crippen molar-refractivity contribution in [3.05, 3.63) is 72.4 Å². The van der Waals surface area contributed by atoms with E-state index in [1.54, 1.807) is 0 Å². The topological polar surface area (TPSA) is 256 Å². The summed E-state index contributed by atoms with van der Waals surface area (Å²) in [5.41, 5.74) is 0.351. The van der Waals surface area contributed by atoms with Gasteiger partial charge in [0, 0.05) is 17.0 Å². The highest BCUT2D eigenvalue weighted by atomic mass is 35.5. The number of phenolic OH excluding ortho intramolecular Hbond substituents is 3. The summed E-state index contributed by atoms with van der Waals surface area (Å²) in [5, 5.41) is 36.6. The molecule has 7 N–H and O–H groups in total. The highest BCUT2D eigenvalue weighted by molar-refractivity contribution is 6.41. The largest absolute Gasteiger partial charge is 0.507 e. The fraction of sp³-hybridized carbons (Fsp3) is 0.143. The molecule has 3 aliphatic rings. The zero-order valence-corrected chi connectivity index (χ0v) is 22.9. The molecule has 2 amide bonds. The number of hydrogen-bond donors (Lipinski definition) is 6. The number of phenols is 3. The number of methoxy groups -OCH3 is 1. The monoisotopic (exact) mass is 620 g/mol. The Morgan fingerprint density at radius 3 is 2.30 bits per heavy atom. The molecule has 6 rings (SSSR count). The number of aromatic amines is 1. The summed E-state index contributed by atoms with van der Waals surface area (Å²) in [4.78, 5) is 91.6. The van der Waals surface area contributed by atoms with Gasteiger partial charge in [-0.2, -0.15) is 5.10 Å². The second kappa shape index (κ2) is 9.34. The molecule has 2 aromatic carbocycles. The van der Waals surface area contributed by atoms with Gasteiger partial charge in [0.05, 0.1) is 51.7 Å². The number of allylic oxidation sites excluding steroid dienone is 2. The summed E-state index contributed by atoms with van der Waals surface area (Å²) >= 11 is 6.66. The molecule has 0 bridgehead atoms. The normalized spacial score (nSPS) is 18.5. The van der Waals surface area contributed by atoms with Gasteiger partial charge < -0.3 is 30.8 Å². The van der Waals surface area contributed by atoms with Crippen molar-refractivity contribution in [2.45, 2.75) is 18.3 Å². The predicted octanol–water partition coefficient (Wildman–Crippen LogP) is 0.406. The average molecular weight is 621 g/mol. The van der Waals surface area contributed by atoms with E-state index in [0.717, 1.165) is 19.4 Å². The van der Waals surface area contributed by atoms with Crippen molar-refractivity contribution < 1.29 is 48.8 Å². The third-order valence-corrected chi connectivity index (χ3v) is 8.39. The zero-order valence-electron chi connectivity index (χ0n) is 22.2. The van der Waals surface area contributed by atoms with Crippen molar-refractivity contribution in [3.63, 3.8) is 0 Å². The first-order valence-electron chi connectivity index (χ1n) is 12.6. The van der Waals surface area contributed by atoms with Gasteiger partial charge in [-0.1, -0.05) is 11.6 Å². The van der Waals surface area contributed by atoms with E-state index in [0.29, 0.717) is 0 Å². The lowest BCUT2D eigenvalue weighted by Crippen LogP contribution is -2.36. The Balaban J connectivity index is 1.55. The Labute approximate surface area is 248 Å². The molecule has 44 heavy (non-hydrogen) atoms. The van der Waals surface area contributed by atoms with Gasteiger partial charge in [0.2, 0.25) is 5.78 Å². The molecule has 0 saturated heterocycles. The van der Waals surface area contributed by atoms with Gasteiger partial charge in [-0.05, 0) is 24.5 Å². The SMILES string of the molecule is COC1=CC(=O)c2c(O)c3c(c(O)c2C1=O)C(=O)[C@]1(CCc2c1c(O)c1c(=O)[nH]c(/C=N/NC(=O)C(N)=O)cc1c2Cl)C3=O. The lowest BCUT2D eigenvalue weighted by Gasteiger charge is -2.23. The number of ether oxygens (including phenoxy) is 1. The predicted molar refractivity (Wildman–Crippen MR) is 148 cm³/mol. The van der Waals surface area contributed by atoms with E-state index < -0.39 is 96.6 Å². The standard InChI is InChI=1S/C28H17ClN4O11/c1-44-11-5-10(34)13-14(19(11)35)21(37)16-15(20(13)36)23(39)28(24(16)40)3-2-8-17(28)22(38)12-9(18(8)29)4-7(32-26(12)42)6-31-33-27(43)25(30)41/h4-6,36-38H,2-3H2,1H3,(H2,30,41)(H,32,42)(H,33,43)/b31-6+/t28-/m0/s1. The number of rotatable bonds is 3. The Hall–Kier alpha value is -5.83. The van der Waals surface area contributed by atoms with E-state index >= 15 is 0 Å². The van der Waals surface area contributed by atoms with Gasteiger partial charge in [0.15, 0.2) is 23.1 Å². The van der Waals surface area contributed by atoms with Crippen LogP contribution in [-0.4, -0.2) is 68.6 Å². The van der Waals surface area contributed by atoms with Crippen molar-refractivity contribution >= 4 is 63.5 Å². The molecule has 1 heterocycles. The van der Waals surface area contributed by atoms with E-state index in [2.05, 4.69) is 10.1 Å². The number of primary amides is 1. The number of aromatic hydroxyl groups is 3. The van der Waals surface area contributed by atoms with Crippen LogP contribution >= 0.6 is 11.6 Å². The van der Waals surface area contributed by atoms with E-state index in [4.69, 9.17) is 22.1 Å². The number of ketones is 4. The number of nitrogens with one attached hydrogen (secondary N) is 2. The molecule has 3 aliphatic carbocycles. The minimum Gasteiger partial charge on any atom is -0.507 e. The molecule has 0 unspecified atom stereocenters. The maximum atomic E-state index is 14.1. The Bertz CT molecular complexity index is 2130. The van der Waals surface area contributed by atoms with Crippen molar-refractivity contribution in [2.75, 3.05) is 7.11 Å². The molecule has 3 aromatic rings. The summed E-state index contributed by atoms with van der Waals surface area (Å²) in [7, 11) is 1.10. The maximum absolute atomic E-state index is 14.1. The average Bonchev–Trinajstić information content (AvgIpc) is 3.48. The van der Waals surface area contributed by atoms with Crippen LogP contribution in [0.1, 0.15) is 64.7 Å². The minimum absolute atomic E-state index is 0.0164. The van der Waals surface area contributed by atoms with Gasteiger partial charge >= 0.3 is 11.8 Å².